The van der Waals surface area contributed by atoms with Gasteiger partial charge in [-0.1, -0.05) is 0 Å². The van der Waals surface area contributed by atoms with E-state index in [4.69, 9.17) is 8.83 Å². The standard InChI is InChI=1S/C16H11N5O5S/c1-9-7-13(18-15(22)12-4-5-14(26-12)21(23)24)20(19-9)16-17-10(8-27-16)11-3-2-6-25-11/h2-8H,1H3,(H,18,22). The highest BCUT2D eigenvalue weighted by Gasteiger charge is 2.20. The van der Waals surface area contributed by atoms with Crippen molar-refractivity contribution in [3.05, 3.63) is 63.5 Å². The molecule has 0 saturated carbocycles. The molecule has 4 aromatic heterocycles. The van der Waals surface area contributed by atoms with E-state index in [1.807, 2.05) is 5.38 Å². The van der Waals surface area contributed by atoms with Crippen LogP contribution in [0.2, 0.25) is 0 Å². The van der Waals surface area contributed by atoms with E-state index in [-0.39, 0.29) is 5.76 Å². The maximum atomic E-state index is 12.3. The Hall–Kier alpha value is -3.73. The van der Waals surface area contributed by atoms with Crippen molar-refractivity contribution in [2.24, 2.45) is 0 Å². The molecule has 0 unspecified atom stereocenters. The molecule has 0 aliphatic heterocycles. The Morgan fingerprint density at radius 1 is 1.37 bits per heavy atom. The monoisotopic (exact) mass is 385 g/mol. The van der Waals surface area contributed by atoms with Crippen LogP contribution in [-0.4, -0.2) is 25.6 Å². The number of thiazole rings is 1. The van der Waals surface area contributed by atoms with Crippen molar-refractivity contribution in [2.45, 2.75) is 6.92 Å². The lowest BCUT2D eigenvalue weighted by Crippen LogP contribution is -2.14. The Bertz CT molecular complexity index is 1120. The summed E-state index contributed by atoms with van der Waals surface area (Å²) >= 11 is 1.32. The van der Waals surface area contributed by atoms with Gasteiger partial charge in [0.05, 0.1) is 18.0 Å². The van der Waals surface area contributed by atoms with E-state index in [1.54, 1.807) is 31.4 Å². The van der Waals surface area contributed by atoms with Crippen molar-refractivity contribution in [1.82, 2.24) is 14.8 Å². The SMILES string of the molecule is Cc1cc(NC(=O)c2ccc([N+](=O)[O-])o2)n(-c2nc(-c3ccco3)cs2)n1. The zero-order chi connectivity index (χ0) is 19.0. The predicted octanol–water partition coefficient (Wildman–Crippen LogP) is 3.65. The molecule has 0 saturated heterocycles. The molecular weight excluding hydrogens is 374 g/mol. The number of hydrogen-bond donors (Lipinski definition) is 1. The van der Waals surface area contributed by atoms with E-state index in [0.717, 1.165) is 6.07 Å². The lowest BCUT2D eigenvalue weighted by Gasteiger charge is -2.04. The van der Waals surface area contributed by atoms with Crippen molar-refractivity contribution in [2.75, 3.05) is 5.32 Å². The summed E-state index contributed by atoms with van der Waals surface area (Å²) in [4.78, 5) is 26.8. The number of carbonyl (C=O) groups excluding carboxylic acids is 1. The van der Waals surface area contributed by atoms with Crippen LogP contribution in [0.3, 0.4) is 0 Å². The molecule has 1 N–H and O–H groups in total. The highest BCUT2D eigenvalue weighted by Crippen LogP contribution is 2.27. The highest BCUT2D eigenvalue weighted by atomic mass is 32.1. The molecule has 10 nitrogen and oxygen atoms in total. The third-order valence-electron chi connectivity index (χ3n) is 3.52. The molecule has 0 aromatic carbocycles. The predicted molar refractivity (Wildman–Crippen MR) is 95.0 cm³/mol. The summed E-state index contributed by atoms with van der Waals surface area (Å²) in [5, 5.41) is 20.0. The van der Waals surface area contributed by atoms with Crippen LogP contribution in [0.5, 0.6) is 0 Å². The minimum absolute atomic E-state index is 0.178. The quantitative estimate of drug-likeness (QED) is 0.410. The van der Waals surface area contributed by atoms with Crippen molar-refractivity contribution in [3.63, 3.8) is 0 Å². The van der Waals surface area contributed by atoms with E-state index in [0.29, 0.717) is 28.1 Å². The van der Waals surface area contributed by atoms with Gasteiger partial charge in [-0.25, -0.2) is 4.98 Å². The number of aromatic nitrogens is 3. The smallest absolute Gasteiger partial charge is 0.433 e. The van der Waals surface area contributed by atoms with Crippen molar-refractivity contribution in [1.29, 1.82) is 0 Å². The van der Waals surface area contributed by atoms with E-state index in [1.165, 1.54) is 22.1 Å². The molecule has 0 radical (unpaired) electrons. The summed E-state index contributed by atoms with van der Waals surface area (Å²) in [6.45, 7) is 1.77. The van der Waals surface area contributed by atoms with Gasteiger partial charge < -0.3 is 14.2 Å². The summed E-state index contributed by atoms with van der Waals surface area (Å²) in [6, 6.07) is 7.57. The molecule has 4 heterocycles. The van der Waals surface area contributed by atoms with Gasteiger partial charge in [0.2, 0.25) is 5.13 Å². The van der Waals surface area contributed by atoms with Gasteiger partial charge >= 0.3 is 5.88 Å². The van der Waals surface area contributed by atoms with E-state index in [2.05, 4.69) is 15.4 Å². The van der Waals surface area contributed by atoms with Gasteiger partial charge in [-0.15, -0.1) is 11.3 Å². The second-order valence-electron chi connectivity index (χ2n) is 5.42. The molecular formula is C16H11N5O5S. The Labute approximate surface area is 155 Å². The van der Waals surface area contributed by atoms with Crippen LogP contribution in [0.25, 0.3) is 16.6 Å². The van der Waals surface area contributed by atoms with E-state index >= 15 is 0 Å². The third-order valence-corrected chi connectivity index (χ3v) is 4.33. The zero-order valence-electron chi connectivity index (χ0n) is 13.8. The fraction of sp³-hybridized carbons (Fsp3) is 0.0625. The Kier molecular flexibility index (Phi) is 4.05. The lowest BCUT2D eigenvalue weighted by molar-refractivity contribution is -0.402. The van der Waals surface area contributed by atoms with Crippen molar-refractivity contribution >= 4 is 28.9 Å². The van der Waals surface area contributed by atoms with Crippen LogP contribution in [0.15, 0.2) is 50.8 Å². The number of aryl methyl sites for hydroxylation is 1. The van der Waals surface area contributed by atoms with Gasteiger partial charge in [0.1, 0.15) is 16.4 Å². The Balaban J connectivity index is 1.61. The maximum Gasteiger partial charge on any atom is 0.433 e. The van der Waals surface area contributed by atoms with E-state index in [9.17, 15) is 14.9 Å². The summed E-state index contributed by atoms with van der Waals surface area (Å²) in [5.74, 6) is -0.339. The maximum absolute atomic E-state index is 12.3. The van der Waals surface area contributed by atoms with Crippen LogP contribution < -0.4 is 5.32 Å². The Morgan fingerprint density at radius 3 is 2.93 bits per heavy atom. The summed E-state index contributed by atoms with van der Waals surface area (Å²) in [6.07, 6.45) is 1.56. The molecule has 0 spiro atoms. The number of carbonyl (C=O) groups is 1. The molecule has 4 aromatic rings. The van der Waals surface area contributed by atoms with Gasteiger partial charge in [-0.3, -0.25) is 14.9 Å². The normalized spacial score (nSPS) is 10.9. The number of rotatable bonds is 5. The fourth-order valence-corrected chi connectivity index (χ4v) is 3.14. The third kappa shape index (κ3) is 3.22. The molecule has 0 aliphatic rings. The number of nitro groups is 1. The van der Waals surface area contributed by atoms with Crippen LogP contribution in [0, 0.1) is 17.0 Å². The fourth-order valence-electron chi connectivity index (χ4n) is 2.36. The minimum Gasteiger partial charge on any atom is -0.463 e. The topological polar surface area (TPSA) is 129 Å². The summed E-state index contributed by atoms with van der Waals surface area (Å²) < 4.78 is 11.7. The summed E-state index contributed by atoms with van der Waals surface area (Å²) in [7, 11) is 0. The first-order valence-corrected chi connectivity index (χ1v) is 8.51. The number of nitrogens with one attached hydrogen (secondary N) is 1. The average Bonchev–Trinajstić information content (AvgIpc) is 3.41. The van der Waals surface area contributed by atoms with Crippen LogP contribution in [-0.2, 0) is 0 Å². The number of nitrogens with zero attached hydrogens (tertiary/aromatic N) is 4. The second-order valence-corrected chi connectivity index (χ2v) is 6.26. The van der Waals surface area contributed by atoms with Crippen molar-refractivity contribution in [3.8, 4) is 16.6 Å². The van der Waals surface area contributed by atoms with Gasteiger partial charge in [0, 0.05) is 11.4 Å². The average molecular weight is 385 g/mol. The van der Waals surface area contributed by atoms with Crippen LogP contribution in [0.4, 0.5) is 11.7 Å². The lowest BCUT2D eigenvalue weighted by atomic mass is 10.4. The number of anilines is 1. The molecule has 4 rings (SSSR count). The summed E-state index contributed by atoms with van der Waals surface area (Å²) in [5.41, 5.74) is 1.30. The molecule has 11 heteroatoms. The first kappa shape index (κ1) is 16.7. The molecule has 1 amide bonds. The first-order chi connectivity index (χ1) is 13.0. The molecule has 0 fully saturated rings. The molecule has 136 valence electrons. The van der Waals surface area contributed by atoms with E-state index < -0.39 is 16.7 Å². The second kappa shape index (κ2) is 6.53. The van der Waals surface area contributed by atoms with Gasteiger partial charge in [0.25, 0.3) is 5.91 Å². The zero-order valence-corrected chi connectivity index (χ0v) is 14.6. The van der Waals surface area contributed by atoms with Crippen LogP contribution >= 0.6 is 11.3 Å². The molecule has 0 atom stereocenters. The molecule has 27 heavy (non-hydrogen) atoms. The number of hydrogen-bond acceptors (Lipinski definition) is 8. The number of furan rings is 2. The van der Waals surface area contributed by atoms with Gasteiger partial charge in [-0.2, -0.15) is 9.78 Å². The Morgan fingerprint density at radius 2 is 2.22 bits per heavy atom. The minimum atomic E-state index is -0.711. The van der Waals surface area contributed by atoms with Crippen molar-refractivity contribution < 1.29 is 18.6 Å². The first-order valence-electron chi connectivity index (χ1n) is 7.63. The largest absolute Gasteiger partial charge is 0.463 e. The van der Waals surface area contributed by atoms with Gasteiger partial charge in [0.15, 0.2) is 11.5 Å². The van der Waals surface area contributed by atoms with Gasteiger partial charge in [-0.05, 0) is 25.1 Å². The van der Waals surface area contributed by atoms with Crippen LogP contribution in [0.1, 0.15) is 16.2 Å². The number of amides is 1. The highest BCUT2D eigenvalue weighted by molar-refractivity contribution is 7.12. The molecule has 0 bridgehead atoms. The molecule has 0 aliphatic carbocycles.